The Morgan fingerprint density at radius 3 is 2.50 bits per heavy atom. The van der Waals surface area contributed by atoms with Gasteiger partial charge in [0.2, 0.25) is 0 Å². The molecule has 0 spiro atoms. The summed E-state index contributed by atoms with van der Waals surface area (Å²) in [5.74, 6) is -0.713. The maximum absolute atomic E-state index is 10.5. The molecular weight excluding hydrogens is 226 g/mol. The molecule has 0 radical (unpaired) electrons. The maximum Gasteiger partial charge on any atom is 0.303 e. The second kappa shape index (κ2) is 7.17. The minimum atomic E-state index is -0.713. The molecule has 0 heterocycles. The van der Waals surface area contributed by atoms with E-state index in [1.165, 1.54) is 11.1 Å². The number of aryl methyl sites for hydroxylation is 1. The Morgan fingerprint density at radius 1 is 1.33 bits per heavy atom. The Hall–Kier alpha value is -1.35. The fourth-order valence-corrected chi connectivity index (χ4v) is 1.92. The minimum absolute atomic E-state index is 0.252. The summed E-state index contributed by atoms with van der Waals surface area (Å²) in [5, 5.41) is 8.61. The number of carbonyl (C=O) groups is 1. The van der Waals surface area contributed by atoms with Crippen molar-refractivity contribution < 1.29 is 9.90 Å². The van der Waals surface area contributed by atoms with Gasteiger partial charge in [-0.25, -0.2) is 0 Å². The predicted molar refractivity (Wildman–Crippen MR) is 73.8 cm³/mol. The molecule has 0 saturated heterocycles. The molecule has 3 nitrogen and oxygen atoms in total. The molecule has 1 unspecified atom stereocenters. The first-order chi connectivity index (χ1) is 8.49. The SMILES string of the molecule is Cc1ccc(CC(C)N(C)CCCC(=O)O)cc1. The summed E-state index contributed by atoms with van der Waals surface area (Å²) in [7, 11) is 2.06. The lowest BCUT2D eigenvalue weighted by Gasteiger charge is -2.24. The molecule has 18 heavy (non-hydrogen) atoms. The molecule has 100 valence electrons. The van der Waals surface area contributed by atoms with Crippen LogP contribution in [0.1, 0.15) is 30.9 Å². The average molecular weight is 249 g/mol. The highest BCUT2D eigenvalue weighted by atomic mass is 16.4. The lowest BCUT2D eigenvalue weighted by atomic mass is 10.0. The molecule has 1 aromatic rings. The van der Waals surface area contributed by atoms with Crippen molar-refractivity contribution in [3.05, 3.63) is 35.4 Å². The number of nitrogens with zero attached hydrogens (tertiary/aromatic N) is 1. The monoisotopic (exact) mass is 249 g/mol. The number of benzene rings is 1. The highest BCUT2D eigenvalue weighted by Crippen LogP contribution is 2.09. The molecule has 1 atom stereocenters. The van der Waals surface area contributed by atoms with E-state index in [1.54, 1.807) is 0 Å². The van der Waals surface area contributed by atoms with E-state index in [0.29, 0.717) is 12.5 Å². The Balaban J connectivity index is 2.37. The van der Waals surface area contributed by atoms with E-state index in [1.807, 2.05) is 0 Å². The normalized spacial score (nSPS) is 12.7. The summed E-state index contributed by atoms with van der Waals surface area (Å²) in [6.07, 6.45) is 1.97. The first kappa shape index (κ1) is 14.7. The van der Waals surface area contributed by atoms with Crippen LogP contribution in [0.4, 0.5) is 0 Å². The molecule has 1 rings (SSSR count). The number of hydrogen-bond acceptors (Lipinski definition) is 2. The van der Waals surface area contributed by atoms with Gasteiger partial charge in [0.15, 0.2) is 0 Å². The molecule has 0 fully saturated rings. The van der Waals surface area contributed by atoms with Crippen LogP contribution in [0, 0.1) is 6.92 Å². The number of carboxylic acids is 1. The van der Waals surface area contributed by atoms with E-state index in [0.717, 1.165) is 13.0 Å². The van der Waals surface area contributed by atoms with Gasteiger partial charge >= 0.3 is 5.97 Å². The van der Waals surface area contributed by atoms with Crippen molar-refractivity contribution in [3.63, 3.8) is 0 Å². The molecule has 0 bridgehead atoms. The van der Waals surface area contributed by atoms with Crippen LogP contribution in [0.15, 0.2) is 24.3 Å². The van der Waals surface area contributed by atoms with Crippen LogP contribution in [-0.2, 0) is 11.2 Å². The molecule has 0 amide bonds. The Kier molecular flexibility index (Phi) is 5.86. The number of likely N-dealkylation sites (N-methyl/N-ethyl adjacent to an activating group) is 1. The standard InChI is InChI=1S/C15H23NO2/c1-12-6-8-14(9-7-12)11-13(2)16(3)10-4-5-15(17)18/h6-9,13H,4-5,10-11H2,1-3H3,(H,17,18). The molecule has 3 heteroatoms. The fraction of sp³-hybridized carbons (Fsp3) is 0.533. The van der Waals surface area contributed by atoms with Gasteiger partial charge in [-0.05, 0) is 45.8 Å². The number of rotatable bonds is 7. The quantitative estimate of drug-likeness (QED) is 0.807. The van der Waals surface area contributed by atoms with Crippen molar-refractivity contribution in [2.45, 2.75) is 39.2 Å². The minimum Gasteiger partial charge on any atom is -0.481 e. The summed E-state index contributed by atoms with van der Waals surface area (Å²) in [4.78, 5) is 12.7. The second-order valence-corrected chi connectivity index (χ2v) is 5.02. The number of aliphatic carboxylic acids is 1. The van der Waals surface area contributed by atoms with Crippen LogP contribution < -0.4 is 0 Å². The van der Waals surface area contributed by atoms with Gasteiger partial charge in [-0.15, -0.1) is 0 Å². The first-order valence-corrected chi connectivity index (χ1v) is 6.46. The van der Waals surface area contributed by atoms with Crippen LogP contribution in [0.5, 0.6) is 0 Å². The van der Waals surface area contributed by atoms with E-state index >= 15 is 0 Å². The first-order valence-electron chi connectivity index (χ1n) is 6.46. The van der Waals surface area contributed by atoms with Crippen molar-refractivity contribution in [1.29, 1.82) is 0 Å². The largest absolute Gasteiger partial charge is 0.481 e. The van der Waals surface area contributed by atoms with E-state index in [2.05, 4.69) is 50.1 Å². The lowest BCUT2D eigenvalue weighted by molar-refractivity contribution is -0.137. The topological polar surface area (TPSA) is 40.5 Å². The molecule has 0 aromatic heterocycles. The van der Waals surface area contributed by atoms with Crippen molar-refractivity contribution >= 4 is 5.97 Å². The highest BCUT2D eigenvalue weighted by molar-refractivity contribution is 5.66. The zero-order valence-electron chi connectivity index (χ0n) is 11.5. The summed E-state index contributed by atoms with van der Waals surface area (Å²) in [5.41, 5.74) is 2.61. The molecule has 0 aliphatic carbocycles. The maximum atomic E-state index is 10.5. The van der Waals surface area contributed by atoms with Crippen molar-refractivity contribution in [3.8, 4) is 0 Å². The third kappa shape index (κ3) is 5.32. The zero-order chi connectivity index (χ0) is 13.5. The van der Waals surface area contributed by atoms with Crippen LogP contribution >= 0.6 is 0 Å². The van der Waals surface area contributed by atoms with Crippen molar-refractivity contribution in [2.24, 2.45) is 0 Å². The van der Waals surface area contributed by atoms with E-state index in [9.17, 15) is 4.79 Å². The number of carboxylic acid groups (broad SMARTS) is 1. The Morgan fingerprint density at radius 2 is 1.94 bits per heavy atom. The van der Waals surface area contributed by atoms with Crippen LogP contribution in [-0.4, -0.2) is 35.6 Å². The molecule has 0 aliphatic heterocycles. The van der Waals surface area contributed by atoms with Crippen LogP contribution in [0.25, 0.3) is 0 Å². The van der Waals surface area contributed by atoms with E-state index < -0.39 is 5.97 Å². The molecule has 0 aliphatic rings. The highest BCUT2D eigenvalue weighted by Gasteiger charge is 2.10. The van der Waals surface area contributed by atoms with Gasteiger partial charge in [0.25, 0.3) is 0 Å². The van der Waals surface area contributed by atoms with Crippen molar-refractivity contribution in [1.82, 2.24) is 4.90 Å². The molecule has 1 aromatic carbocycles. The second-order valence-electron chi connectivity index (χ2n) is 5.02. The summed E-state index contributed by atoms with van der Waals surface area (Å²) in [6.45, 7) is 5.10. The van der Waals surface area contributed by atoms with Gasteiger partial charge in [0, 0.05) is 12.5 Å². The zero-order valence-corrected chi connectivity index (χ0v) is 11.5. The molecule has 1 N–H and O–H groups in total. The lowest BCUT2D eigenvalue weighted by Crippen LogP contribution is -2.32. The Bertz CT molecular complexity index is 373. The smallest absolute Gasteiger partial charge is 0.303 e. The molecular formula is C15H23NO2. The van der Waals surface area contributed by atoms with Crippen molar-refractivity contribution in [2.75, 3.05) is 13.6 Å². The fourth-order valence-electron chi connectivity index (χ4n) is 1.92. The van der Waals surface area contributed by atoms with E-state index in [4.69, 9.17) is 5.11 Å². The summed E-state index contributed by atoms with van der Waals surface area (Å²) >= 11 is 0. The van der Waals surface area contributed by atoms with Gasteiger partial charge in [-0.2, -0.15) is 0 Å². The Labute approximate surface area is 109 Å². The van der Waals surface area contributed by atoms with Gasteiger partial charge in [-0.3, -0.25) is 4.79 Å². The van der Waals surface area contributed by atoms with Crippen LogP contribution in [0.3, 0.4) is 0 Å². The average Bonchev–Trinajstić information content (AvgIpc) is 2.31. The van der Waals surface area contributed by atoms with Gasteiger partial charge in [0.1, 0.15) is 0 Å². The predicted octanol–water partition coefficient (Wildman–Crippen LogP) is 2.72. The van der Waals surface area contributed by atoms with Gasteiger partial charge < -0.3 is 10.0 Å². The van der Waals surface area contributed by atoms with E-state index in [-0.39, 0.29) is 6.42 Å². The van der Waals surface area contributed by atoms with Gasteiger partial charge in [-0.1, -0.05) is 29.8 Å². The van der Waals surface area contributed by atoms with Crippen LogP contribution in [0.2, 0.25) is 0 Å². The third-order valence-corrected chi connectivity index (χ3v) is 3.31. The third-order valence-electron chi connectivity index (χ3n) is 3.31. The molecule has 0 saturated carbocycles. The summed E-state index contributed by atoms with van der Waals surface area (Å²) < 4.78 is 0. The number of hydrogen-bond donors (Lipinski definition) is 1. The summed E-state index contributed by atoms with van der Waals surface area (Å²) in [6, 6.07) is 9.02. The van der Waals surface area contributed by atoms with Gasteiger partial charge in [0.05, 0.1) is 0 Å².